The number of hydrogen-bond acceptors (Lipinski definition) is 3. The molecular formula is C17H21NO2. The molecule has 0 radical (unpaired) electrons. The highest BCUT2D eigenvalue weighted by Crippen LogP contribution is 2.25. The summed E-state index contributed by atoms with van der Waals surface area (Å²) in [6.07, 6.45) is -0.613. The minimum absolute atomic E-state index is 0.256. The van der Waals surface area contributed by atoms with Crippen molar-refractivity contribution in [2.75, 3.05) is 13.7 Å². The van der Waals surface area contributed by atoms with Crippen LogP contribution in [0.3, 0.4) is 0 Å². The second-order valence-electron chi connectivity index (χ2n) is 4.83. The summed E-state index contributed by atoms with van der Waals surface area (Å²) in [5.74, 6) is 0.858. The zero-order valence-electron chi connectivity index (χ0n) is 12.0. The van der Waals surface area contributed by atoms with E-state index < -0.39 is 6.10 Å². The van der Waals surface area contributed by atoms with Crippen molar-refractivity contribution in [1.29, 1.82) is 0 Å². The van der Waals surface area contributed by atoms with Crippen LogP contribution in [0.15, 0.2) is 48.5 Å². The van der Waals surface area contributed by atoms with E-state index in [1.54, 1.807) is 0 Å². The van der Waals surface area contributed by atoms with Crippen LogP contribution in [0, 0.1) is 6.92 Å². The van der Waals surface area contributed by atoms with Gasteiger partial charge in [0.25, 0.3) is 0 Å². The predicted octanol–water partition coefficient (Wildman–Crippen LogP) is 2.83. The first kappa shape index (κ1) is 14.6. The number of rotatable bonds is 6. The van der Waals surface area contributed by atoms with E-state index in [9.17, 15) is 5.11 Å². The fraction of sp³-hybridized carbons (Fsp3) is 0.294. The van der Waals surface area contributed by atoms with Crippen LogP contribution in [0.25, 0.3) is 0 Å². The van der Waals surface area contributed by atoms with Crippen molar-refractivity contribution in [3.8, 4) is 5.75 Å². The number of para-hydroxylation sites is 1. The van der Waals surface area contributed by atoms with E-state index in [1.165, 1.54) is 0 Å². The molecule has 0 saturated carbocycles. The maximum absolute atomic E-state index is 10.2. The fourth-order valence-corrected chi connectivity index (χ4v) is 2.18. The van der Waals surface area contributed by atoms with Crippen LogP contribution in [0.5, 0.6) is 5.75 Å². The lowest BCUT2D eigenvalue weighted by Gasteiger charge is -2.17. The molecule has 3 nitrogen and oxygen atoms in total. The third kappa shape index (κ3) is 3.59. The van der Waals surface area contributed by atoms with Crippen LogP contribution in [0.4, 0.5) is 0 Å². The van der Waals surface area contributed by atoms with E-state index in [0.29, 0.717) is 0 Å². The Bertz CT molecular complexity index is 540. The van der Waals surface area contributed by atoms with E-state index in [0.717, 1.165) is 29.0 Å². The van der Waals surface area contributed by atoms with Crippen molar-refractivity contribution in [3.05, 3.63) is 65.2 Å². The molecule has 2 rings (SSSR count). The van der Waals surface area contributed by atoms with Gasteiger partial charge in [-0.3, -0.25) is 0 Å². The lowest BCUT2D eigenvalue weighted by Crippen LogP contribution is -2.13. The summed E-state index contributed by atoms with van der Waals surface area (Å²) in [5.41, 5.74) is 3.06. The zero-order valence-corrected chi connectivity index (χ0v) is 12.0. The summed E-state index contributed by atoms with van der Waals surface area (Å²) >= 11 is 0. The van der Waals surface area contributed by atoms with E-state index >= 15 is 0 Å². The van der Waals surface area contributed by atoms with Crippen LogP contribution >= 0.6 is 0 Å². The van der Waals surface area contributed by atoms with Crippen LogP contribution in [0.1, 0.15) is 22.8 Å². The Morgan fingerprint density at radius 2 is 1.85 bits per heavy atom. The second kappa shape index (κ2) is 7.08. The molecular weight excluding hydrogens is 250 g/mol. The molecule has 0 aliphatic heterocycles. The third-order valence-corrected chi connectivity index (χ3v) is 3.23. The SMILES string of the molecule is CNCc1cccc(C)c1OCC(O)c1ccccc1. The molecule has 0 aliphatic carbocycles. The van der Waals surface area contributed by atoms with Gasteiger partial charge in [-0.25, -0.2) is 0 Å². The summed E-state index contributed by atoms with van der Waals surface area (Å²) < 4.78 is 5.85. The average Bonchev–Trinajstić information content (AvgIpc) is 2.47. The van der Waals surface area contributed by atoms with Crippen molar-refractivity contribution in [2.24, 2.45) is 0 Å². The Labute approximate surface area is 120 Å². The van der Waals surface area contributed by atoms with Crippen molar-refractivity contribution in [3.63, 3.8) is 0 Å². The van der Waals surface area contributed by atoms with Crippen molar-refractivity contribution >= 4 is 0 Å². The van der Waals surface area contributed by atoms with Gasteiger partial charge >= 0.3 is 0 Å². The molecule has 0 fully saturated rings. The van der Waals surface area contributed by atoms with Crippen molar-refractivity contribution < 1.29 is 9.84 Å². The maximum atomic E-state index is 10.2. The monoisotopic (exact) mass is 271 g/mol. The molecule has 0 bridgehead atoms. The molecule has 0 spiro atoms. The van der Waals surface area contributed by atoms with E-state index in [-0.39, 0.29) is 6.61 Å². The molecule has 0 aromatic heterocycles. The normalized spacial score (nSPS) is 12.2. The summed E-state index contributed by atoms with van der Waals surface area (Å²) in [4.78, 5) is 0. The molecule has 20 heavy (non-hydrogen) atoms. The quantitative estimate of drug-likeness (QED) is 0.849. The molecule has 2 aromatic rings. The van der Waals surface area contributed by atoms with Gasteiger partial charge in [0.1, 0.15) is 18.5 Å². The Hall–Kier alpha value is -1.84. The highest BCUT2D eigenvalue weighted by atomic mass is 16.5. The number of aliphatic hydroxyl groups excluding tert-OH is 1. The molecule has 1 atom stereocenters. The smallest absolute Gasteiger partial charge is 0.126 e. The zero-order chi connectivity index (χ0) is 14.4. The number of nitrogens with one attached hydrogen (secondary N) is 1. The van der Waals surface area contributed by atoms with E-state index in [1.807, 2.05) is 62.5 Å². The van der Waals surface area contributed by atoms with E-state index in [2.05, 4.69) is 5.32 Å². The van der Waals surface area contributed by atoms with E-state index in [4.69, 9.17) is 4.74 Å². The van der Waals surface area contributed by atoms with Gasteiger partial charge in [0.2, 0.25) is 0 Å². The number of hydrogen-bond donors (Lipinski definition) is 2. The van der Waals surface area contributed by atoms with Gasteiger partial charge in [0, 0.05) is 12.1 Å². The van der Waals surface area contributed by atoms with Crippen LogP contribution in [0.2, 0.25) is 0 Å². The highest BCUT2D eigenvalue weighted by molar-refractivity contribution is 5.40. The topological polar surface area (TPSA) is 41.5 Å². The van der Waals surface area contributed by atoms with Crippen LogP contribution in [-0.4, -0.2) is 18.8 Å². The van der Waals surface area contributed by atoms with Crippen LogP contribution < -0.4 is 10.1 Å². The number of ether oxygens (including phenoxy) is 1. The van der Waals surface area contributed by atoms with Gasteiger partial charge in [-0.05, 0) is 25.1 Å². The first-order chi connectivity index (χ1) is 9.72. The first-order valence-corrected chi connectivity index (χ1v) is 6.81. The van der Waals surface area contributed by atoms with Gasteiger partial charge in [-0.1, -0.05) is 48.5 Å². The molecule has 0 aliphatic rings. The minimum atomic E-state index is -0.613. The van der Waals surface area contributed by atoms with Gasteiger partial charge in [-0.2, -0.15) is 0 Å². The average molecular weight is 271 g/mol. The molecule has 2 N–H and O–H groups in total. The molecule has 0 amide bonds. The fourth-order valence-electron chi connectivity index (χ4n) is 2.18. The van der Waals surface area contributed by atoms with Crippen molar-refractivity contribution in [1.82, 2.24) is 5.32 Å². The summed E-state index contributed by atoms with van der Waals surface area (Å²) in [5, 5.41) is 13.3. The summed E-state index contributed by atoms with van der Waals surface area (Å²) in [6, 6.07) is 15.6. The maximum Gasteiger partial charge on any atom is 0.126 e. The second-order valence-corrected chi connectivity index (χ2v) is 4.83. The Morgan fingerprint density at radius 3 is 2.55 bits per heavy atom. The van der Waals surface area contributed by atoms with Crippen molar-refractivity contribution in [2.45, 2.75) is 19.6 Å². The third-order valence-electron chi connectivity index (χ3n) is 3.23. The molecule has 106 valence electrons. The molecule has 1 unspecified atom stereocenters. The highest BCUT2D eigenvalue weighted by Gasteiger charge is 2.11. The molecule has 3 heteroatoms. The molecule has 0 heterocycles. The summed E-state index contributed by atoms with van der Waals surface area (Å²) in [6.45, 7) is 3.02. The lowest BCUT2D eigenvalue weighted by atomic mass is 10.1. The molecule has 2 aromatic carbocycles. The summed E-state index contributed by atoms with van der Waals surface area (Å²) in [7, 11) is 1.91. The Morgan fingerprint density at radius 1 is 1.10 bits per heavy atom. The molecule has 0 saturated heterocycles. The number of aliphatic hydroxyl groups is 1. The minimum Gasteiger partial charge on any atom is -0.490 e. The lowest BCUT2D eigenvalue weighted by molar-refractivity contribution is 0.107. The van der Waals surface area contributed by atoms with Gasteiger partial charge in [-0.15, -0.1) is 0 Å². The standard InChI is InChI=1S/C17H21NO2/c1-13-7-6-10-15(11-18-2)17(13)20-12-16(19)14-8-4-3-5-9-14/h3-10,16,18-19H,11-12H2,1-2H3. The largest absolute Gasteiger partial charge is 0.490 e. The Balaban J connectivity index is 2.07. The Kier molecular flexibility index (Phi) is 5.16. The van der Waals surface area contributed by atoms with Gasteiger partial charge < -0.3 is 15.2 Å². The van der Waals surface area contributed by atoms with Gasteiger partial charge in [0.05, 0.1) is 0 Å². The number of aryl methyl sites for hydroxylation is 1. The first-order valence-electron chi connectivity index (χ1n) is 6.81. The predicted molar refractivity (Wildman–Crippen MR) is 80.8 cm³/mol. The number of benzene rings is 2. The van der Waals surface area contributed by atoms with Gasteiger partial charge in [0.15, 0.2) is 0 Å². The van der Waals surface area contributed by atoms with Crippen LogP contribution in [-0.2, 0) is 6.54 Å².